The number of nitrogens with one attached hydrogen (secondary N) is 1. The molecule has 2 heterocycles. The minimum absolute atomic E-state index is 0.0821. The summed E-state index contributed by atoms with van der Waals surface area (Å²) in [5, 5.41) is 2.44. The SMILES string of the molecule is CN(Cc1ccco1)C(=O)CN1C(=O)N[C@@](C)(c2ccc(F)c(F)c2)C1=O. The van der Waals surface area contributed by atoms with Crippen molar-refractivity contribution in [3.05, 3.63) is 59.6 Å². The first-order valence-corrected chi connectivity index (χ1v) is 8.08. The maximum Gasteiger partial charge on any atom is 0.325 e. The first-order valence-electron chi connectivity index (χ1n) is 8.08. The van der Waals surface area contributed by atoms with Crippen molar-refractivity contribution >= 4 is 17.8 Å². The van der Waals surface area contributed by atoms with Crippen LogP contribution in [0.1, 0.15) is 18.2 Å². The molecule has 3 rings (SSSR count). The highest BCUT2D eigenvalue weighted by Gasteiger charge is 2.49. The van der Waals surface area contributed by atoms with Crippen LogP contribution in [0.5, 0.6) is 0 Å². The van der Waals surface area contributed by atoms with Gasteiger partial charge in [-0.15, -0.1) is 0 Å². The van der Waals surface area contributed by atoms with Crippen molar-refractivity contribution < 1.29 is 27.6 Å². The maximum absolute atomic E-state index is 13.5. The monoisotopic (exact) mass is 377 g/mol. The molecule has 4 amide bonds. The Kier molecular flexibility index (Phi) is 4.69. The van der Waals surface area contributed by atoms with Crippen LogP contribution in [0.4, 0.5) is 13.6 Å². The Labute approximate surface area is 153 Å². The molecule has 0 radical (unpaired) electrons. The molecule has 7 nitrogen and oxygen atoms in total. The Morgan fingerprint density at radius 3 is 2.63 bits per heavy atom. The molecule has 2 aromatic rings. The molecule has 0 aliphatic carbocycles. The van der Waals surface area contributed by atoms with Crippen LogP contribution in [0.3, 0.4) is 0 Å². The third kappa shape index (κ3) is 3.40. The van der Waals surface area contributed by atoms with Crippen LogP contribution >= 0.6 is 0 Å². The van der Waals surface area contributed by atoms with Gasteiger partial charge in [-0.25, -0.2) is 13.6 Å². The lowest BCUT2D eigenvalue weighted by atomic mass is 9.92. The number of furan rings is 1. The number of hydrogen-bond acceptors (Lipinski definition) is 4. The Morgan fingerprint density at radius 2 is 2.00 bits per heavy atom. The quantitative estimate of drug-likeness (QED) is 0.808. The zero-order valence-corrected chi connectivity index (χ0v) is 14.7. The standard InChI is InChI=1S/C18H17F2N3O4/c1-18(11-5-6-13(19)14(20)8-11)16(25)23(17(26)21-18)10-15(24)22(2)9-12-4-3-7-27-12/h3-8H,9-10H2,1-2H3,(H,21,26)/t18-/m0/s1. The summed E-state index contributed by atoms with van der Waals surface area (Å²) >= 11 is 0. The molecule has 142 valence electrons. The summed E-state index contributed by atoms with van der Waals surface area (Å²) in [6.45, 7) is 1.06. The van der Waals surface area contributed by atoms with Crippen LogP contribution in [-0.4, -0.2) is 41.2 Å². The molecule has 1 aromatic heterocycles. The van der Waals surface area contributed by atoms with E-state index in [2.05, 4.69) is 5.32 Å². The molecule has 0 bridgehead atoms. The van der Waals surface area contributed by atoms with E-state index in [0.717, 1.165) is 17.0 Å². The molecular weight excluding hydrogens is 360 g/mol. The van der Waals surface area contributed by atoms with E-state index in [1.807, 2.05) is 0 Å². The van der Waals surface area contributed by atoms with Gasteiger partial charge < -0.3 is 14.6 Å². The number of carbonyl (C=O) groups is 3. The number of carbonyl (C=O) groups excluding carboxylic acids is 3. The Balaban J connectivity index is 1.75. The third-order valence-corrected chi connectivity index (χ3v) is 4.46. The van der Waals surface area contributed by atoms with Crippen LogP contribution in [0, 0.1) is 11.6 Å². The average molecular weight is 377 g/mol. The molecule has 1 atom stereocenters. The van der Waals surface area contributed by atoms with Gasteiger partial charge in [0.05, 0.1) is 12.8 Å². The summed E-state index contributed by atoms with van der Waals surface area (Å²) in [6.07, 6.45) is 1.47. The fraction of sp³-hybridized carbons (Fsp3) is 0.278. The minimum atomic E-state index is -1.59. The number of likely N-dealkylation sites (N-methyl/N-ethyl adjacent to an activating group) is 1. The summed E-state index contributed by atoms with van der Waals surface area (Å²) in [7, 11) is 1.51. The van der Waals surface area contributed by atoms with Gasteiger partial charge in [0.25, 0.3) is 5.91 Å². The van der Waals surface area contributed by atoms with Gasteiger partial charge in [0.15, 0.2) is 11.6 Å². The van der Waals surface area contributed by atoms with Gasteiger partial charge in [-0.3, -0.25) is 14.5 Å². The first kappa shape index (κ1) is 18.6. The molecule has 9 heteroatoms. The summed E-state index contributed by atoms with van der Waals surface area (Å²) in [5.41, 5.74) is -1.51. The van der Waals surface area contributed by atoms with Gasteiger partial charge in [-0.2, -0.15) is 0 Å². The van der Waals surface area contributed by atoms with E-state index in [4.69, 9.17) is 4.42 Å². The van der Waals surface area contributed by atoms with Gasteiger partial charge in [-0.05, 0) is 36.8 Å². The van der Waals surface area contributed by atoms with Gasteiger partial charge >= 0.3 is 6.03 Å². The number of nitrogens with zero attached hydrogens (tertiary/aromatic N) is 2. The van der Waals surface area contributed by atoms with Crippen molar-refractivity contribution in [1.29, 1.82) is 0 Å². The van der Waals surface area contributed by atoms with E-state index in [1.165, 1.54) is 31.2 Å². The fourth-order valence-electron chi connectivity index (χ4n) is 2.82. The Morgan fingerprint density at radius 1 is 1.26 bits per heavy atom. The lowest BCUT2D eigenvalue weighted by Gasteiger charge is -2.23. The molecular formula is C18H17F2N3O4. The van der Waals surface area contributed by atoms with E-state index < -0.39 is 41.6 Å². The number of halogens is 2. The number of rotatable bonds is 5. The van der Waals surface area contributed by atoms with E-state index in [-0.39, 0.29) is 12.1 Å². The molecule has 1 fully saturated rings. The number of benzene rings is 1. The second-order valence-electron chi connectivity index (χ2n) is 6.40. The molecule has 1 aromatic carbocycles. The third-order valence-electron chi connectivity index (χ3n) is 4.46. The van der Waals surface area contributed by atoms with Crippen molar-refractivity contribution in [2.75, 3.05) is 13.6 Å². The van der Waals surface area contributed by atoms with Gasteiger partial charge in [0, 0.05) is 7.05 Å². The zero-order valence-electron chi connectivity index (χ0n) is 14.7. The largest absolute Gasteiger partial charge is 0.467 e. The van der Waals surface area contributed by atoms with Crippen molar-refractivity contribution in [2.45, 2.75) is 19.0 Å². The number of imide groups is 1. The molecule has 27 heavy (non-hydrogen) atoms. The van der Waals surface area contributed by atoms with Crippen molar-refractivity contribution in [2.24, 2.45) is 0 Å². The lowest BCUT2D eigenvalue weighted by Crippen LogP contribution is -2.43. The first-order chi connectivity index (χ1) is 12.7. The van der Waals surface area contributed by atoms with Gasteiger partial charge in [-0.1, -0.05) is 6.07 Å². The number of urea groups is 1. The van der Waals surface area contributed by atoms with Crippen LogP contribution < -0.4 is 5.32 Å². The van der Waals surface area contributed by atoms with Crippen LogP contribution in [0.15, 0.2) is 41.0 Å². The lowest BCUT2D eigenvalue weighted by molar-refractivity contribution is -0.138. The highest BCUT2D eigenvalue weighted by Crippen LogP contribution is 2.29. The average Bonchev–Trinajstić information content (AvgIpc) is 3.20. The molecule has 1 aliphatic heterocycles. The van der Waals surface area contributed by atoms with Crippen molar-refractivity contribution in [3.8, 4) is 0 Å². The Bertz CT molecular complexity index is 900. The highest BCUT2D eigenvalue weighted by molar-refractivity contribution is 6.09. The normalized spacial score (nSPS) is 19.3. The van der Waals surface area contributed by atoms with Crippen LogP contribution in [0.2, 0.25) is 0 Å². The summed E-state index contributed by atoms with van der Waals surface area (Å²) in [4.78, 5) is 39.4. The predicted molar refractivity (Wildman–Crippen MR) is 89.1 cm³/mol. The molecule has 1 saturated heterocycles. The molecule has 1 N–H and O–H groups in total. The van der Waals surface area contributed by atoms with E-state index in [0.29, 0.717) is 5.76 Å². The second-order valence-corrected chi connectivity index (χ2v) is 6.40. The zero-order chi connectivity index (χ0) is 19.8. The van der Waals surface area contributed by atoms with Crippen LogP contribution in [-0.2, 0) is 21.7 Å². The smallest absolute Gasteiger partial charge is 0.325 e. The molecule has 0 unspecified atom stereocenters. The summed E-state index contributed by atoms with van der Waals surface area (Å²) in [6, 6.07) is 5.52. The number of amides is 4. The van der Waals surface area contributed by atoms with E-state index in [1.54, 1.807) is 12.1 Å². The highest BCUT2D eigenvalue weighted by atomic mass is 19.2. The van der Waals surface area contributed by atoms with E-state index in [9.17, 15) is 23.2 Å². The maximum atomic E-state index is 13.5. The fourth-order valence-corrected chi connectivity index (χ4v) is 2.82. The molecule has 0 saturated carbocycles. The molecule has 1 aliphatic rings. The summed E-state index contributed by atoms with van der Waals surface area (Å²) < 4.78 is 31.9. The number of hydrogen-bond donors (Lipinski definition) is 1. The van der Waals surface area contributed by atoms with Gasteiger partial charge in [0.2, 0.25) is 5.91 Å². The summed E-state index contributed by atoms with van der Waals surface area (Å²) in [5.74, 6) is -2.86. The van der Waals surface area contributed by atoms with Gasteiger partial charge in [0.1, 0.15) is 17.8 Å². The van der Waals surface area contributed by atoms with Crippen LogP contribution in [0.25, 0.3) is 0 Å². The predicted octanol–water partition coefficient (Wildman–Crippen LogP) is 1.98. The van der Waals surface area contributed by atoms with E-state index >= 15 is 0 Å². The molecule has 0 spiro atoms. The Hall–Kier alpha value is -3.23. The minimum Gasteiger partial charge on any atom is -0.467 e. The topological polar surface area (TPSA) is 82.9 Å². The van der Waals surface area contributed by atoms with Crippen molar-refractivity contribution in [1.82, 2.24) is 15.1 Å². The second kappa shape index (κ2) is 6.82. The van der Waals surface area contributed by atoms with Crippen molar-refractivity contribution in [3.63, 3.8) is 0 Å².